The predicted octanol–water partition coefficient (Wildman–Crippen LogP) is 2.89. The van der Waals surface area contributed by atoms with Gasteiger partial charge in [-0.3, -0.25) is 4.79 Å². The number of hydrogen-bond donors (Lipinski definition) is 2. The number of nitrogens with one attached hydrogen (secondary N) is 1. The summed E-state index contributed by atoms with van der Waals surface area (Å²) in [5.74, 6) is -0.190. The summed E-state index contributed by atoms with van der Waals surface area (Å²) < 4.78 is 0. The molecule has 1 amide bonds. The molecule has 0 aliphatic heterocycles. The Morgan fingerprint density at radius 3 is 2.58 bits per heavy atom. The number of rotatable bonds is 2. The Morgan fingerprint density at radius 2 is 1.95 bits per heavy atom. The van der Waals surface area contributed by atoms with E-state index in [4.69, 9.17) is 5.26 Å². The van der Waals surface area contributed by atoms with Gasteiger partial charge in [0, 0.05) is 12.6 Å². The van der Waals surface area contributed by atoms with Crippen molar-refractivity contribution >= 4 is 11.6 Å². The van der Waals surface area contributed by atoms with Gasteiger partial charge >= 0.3 is 0 Å². The van der Waals surface area contributed by atoms with E-state index in [-0.39, 0.29) is 17.2 Å². The van der Waals surface area contributed by atoms with E-state index in [0.29, 0.717) is 5.69 Å². The molecule has 0 atom stereocenters. The second-order valence-electron chi connectivity index (χ2n) is 4.11. The van der Waals surface area contributed by atoms with Crippen molar-refractivity contribution in [1.29, 1.82) is 5.26 Å². The fourth-order valence-corrected chi connectivity index (χ4v) is 1.79. The van der Waals surface area contributed by atoms with Gasteiger partial charge in [0.25, 0.3) is 0 Å². The second kappa shape index (κ2) is 5.23. The van der Waals surface area contributed by atoms with Gasteiger partial charge in [0.2, 0.25) is 5.91 Å². The standard InChI is InChI=1S/C15H12N2O2/c1-10(18)17-14-4-2-3-11(7-14)12-5-6-13(9-16)15(19)8-12/h2-8,19H,1H3,(H,17,18). The molecule has 0 aromatic heterocycles. The minimum Gasteiger partial charge on any atom is -0.507 e. The zero-order valence-electron chi connectivity index (χ0n) is 10.3. The monoisotopic (exact) mass is 252 g/mol. The molecule has 2 rings (SSSR count). The third-order valence-corrected chi connectivity index (χ3v) is 2.63. The summed E-state index contributed by atoms with van der Waals surface area (Å²) >= 11 is 0. The molecule has 0 unspecified atom stereocenters. The maximum Gasteiger partial charge on any atom is 0.221 e. The quantitative estimate of drug-likeness (QED) is 0.863. The van der Waals surface area contributed by atoms with E-state index >= 15 is 0 Å². The molecule has 4 nitrogen and oxygen atoms in total. The Kier molecular flexibility index (Phi) is 3.48. The fourth-order valence-electron chi connectivity index (χ4n) is 1.79. The summed E-state index contributed by atoms with van der Waals surface area (Å²) in [7, 11) is 0. The predicted molar refractivity (Wildman–Crippen MR) is 72.6 cm³/mol. The van der Waals surface area contributed by atoms with Crippen LogP contribution in [0.25, 0.3) is 11.1 Å². The molecule has 19 heavy (non-hydrogen) atoms. The molecule has 0 bridgehead atoms. The smallest absolute Gasteiger partial charge is 0.221 e. The molecule has 0 saturated carbocycles. The van der Waals surface area contributed by atoms with Gasteiger partial charge in [0.05, 0.1) is 5.56 Å². The summed E-state index contributed by atoms with van der Waals surface area (Å²) in [5.41, 5.74) is 2.56. The maximum absolute atomic E-state index is 11.0. The molecule has 0 saturated heterocycles. The van der Waals surface area contributed by atoms with Crippen LogP contribution in [-0.4, -0.2) is 11.0 Å². The van der Waals surface area contributed by atoms with Crippen LogP contribution in [0.3, 0.4) is 0 Å². The van der Waals surface area contributed by atoms with Crippen molar-refractivity contribution in [3.63, 3.8) is 0 Å². The van der Waals surface area contributed by atoms with Crippen molar-refractivity contribution in [2.75, 3.05) is 5.32 Å². The molecule has 0 aliphatic rings. The lowest BCUT2D eigenvalue weighted by molar-refractivity contribution is -0.114. The first kappa shape index (κ1) is 12.7. The van der Waals surface area contributed by atoms with E-state index in [1.165, 1.54) is 13.0 Å². The van der Waals surface area contributed by atoms with E-state index in [1.54, 1.807) is 18.2 Å². The van der Waals surface area contributed by atoms with Crippen LogP contribution in [0, 0.1) is 11.3 Å². The van der Waals surface area contributed by atoms with Crippen LogP contribution in [0.2, 0.25) is 0 Å². The number of carbonyl (C=O) groups is 1. The number of nitrogens with zero attached hydrogens (tertiary/aromatic N) is 1. The normalized spacial score (nSPS) is 9.68. The van der Waals surface area contributed by atoms with E-state index in [9.17, 15) is 9.90 Å². The van der Waals surface area contributed by atoms with Gasteiger partial charge in [-0.1, -0.05) is 18.2 Å². The van der Waals surface area contributed by atoms with Gasteiger partial charge in [-0.25, -0.2) is 0 Å². The maximum atomic E-state index is 11.0. The molecule has 0 radical (unpaired) electrons. The highest BCUT2D eigenvalue weighted by molar-refractivity contribution is 5.89. The van der Waals surface area contributed by atoms with Crippen LogP contribution in [0.5, 0.6) is 5.75 Å². The Hall–Kier alpha value is -2.80. The fraction of sp³-hybridized carbons (Fsp3) is 0.0667. The van der Waals surface area contributed by atoms with Crippen LogP contribution in [0.1, 0.15) is 12.5 Å². The number of hydrogen-bond acceptors (Lipinski definition) is 3. The highest BCUT2D eigenvalue weighted by Crippen LogP contribution is 2.27. The van der Waals surface area contributed by atoms with Gasteiger partial charge in [-0.15, -0.1) is 0 Å². The van der Waals surface area contributed by atoms with Crippen molar-refractivity contribution in [2.45, 2.75) is 6.92 Å². The number of aromatic hydroxyl groups is 1. The van der Waals surface area contributed by atoms with E-state index in [0.717, 1.165) is 11.1 Å². The number of benzene rings is 2. The Labute approximate surface area is 110 Å². The third-order valence-electron chi connectivity index (χ3n) is 2.63. The average Bonchev–Trinajstić information content (AvgIpc) is 2.38. The molecular formula is C15H12N2O2. The number of phenols is 1. The summed E-state index contributed by atoms with van der Waals surface area (Å²) in [5, 5.41) is 21.1. The van der Waals surface area contributed by atoms with Crippen molar-refractivity contribution in [3.8, 4) is 22.9 Å². The second-order valence-corrected chi connectivity index (χ2v) is 4.11. The number of phenolic OH excluding ortho intramolecular Hbond substituents is 1. The largest absolute Gasteiger partial charge is 0.507 e. The lowest BCUT2D eigenvalue weighted by Gasteiger charge is -2.07. The van der Waals surface area contributed by atoms with E-state index < -0.39 is 0 Å². The highest BCUT2D eigenvalue weighted by atomic mass is 16.3. The van der Waals surface area contributed by atoms with Crippen LogP contribution in [0.4, 0.5) is 5.69 Å². The molecule has 0 fully saturated rings. The lowest BCUT2D eigenvalue weighted by Crippen LogP contribution is -2.05. The van der Waals surface area contributed by atoms with Crippen molar-refractivity contribution in [1.82, 2.24) is 0 Å². The Bertz CT molecular complexity index is 672. The van der Waals surface area contributed by atoms with Gasteiger partial charge in [-0.2, -0.15) is 5.26 Å². The molecule has 2 N–H and O–H groups in total. The van der Waals surface area contributed by atoms with Gasteiger partial charge in [0.15, 0.2) is 0 Å². The van der Waals surface area contributed by atoms with Crippen molar-refractivity contribution in [3.05, 3.63) is 48.0 Å². The van der Waals surface area contributed by atoms with Crippen molar-refractivity contribution < 1.29 is 9.90 Å². The molecule has 0 spiro atoms. The first-order valence-electron chi connectivity index (χ1n) is 5.71. The van der Waals surface area contributed by atoms with Gasteiger partial charge in [0.1, 0.15) is 11.8 Å². The molecule has 4 heteroatoms. The molecule has 2 aromatic rings. The zero-order chi connectivity index (χ0) is 13.8. The Balaban J connectivity index is 2.39. The molecule has 94 valence electrons. The van der Waals surface area contributed by atoms with Crippen LogP contribution < -0.4 is 5.32 Å². The number of carbonyl (C=O) groups excluding carboxylic acids is 1. The summed E-state index contributed by atoms with van der Waals surface area (Å²) in [6, 6.07) is 14.0. The minimum atomic E-state index is -0.139. The zero-order valence-corrected chi connectivity index (χ0v) is 10.3. The number of anilines is 1. The summed E-state index contributed by atoms with van der Waals surface area (Å²) in [6.07, 6.45) is 0. The third kappa shape index (κ3) is 2.90. The van der Waals surface area contributed by atoms with Gasteiger partial charge < -0.3 is 10.4 Å². The van der Waals surface area contributed by atoms with Gasteiger partial charge in [-0.05, 0) is 35.4 Å². The summed E-state index contributed by atoms with van der Waals surface area (Å²) in [6.45, 7) is 1.44. The molecule has 0 aliphatic carbocycles. The van der Waals surface area contributed by atoms with Crippen molar-refractivity contribution in [2.24, 2.45) is 0 Å². The van der Waals surface area contributed by atoms with Crippen LogP contribution in [0.15, 0.2) is 42.5 Å². The van der Waals surface area contributed by atoms with Crippen LogP contribution >= 0.6 is 0 Å². The minimum absolute atomic E-state index is 0.0510. The molecular weight excluding hydrogens is 240 g/mol. The molecule has 0 heterocycles. The van der Waals surface area contributed by atoms with Crippen LogP contribution in [-0.2, 0) is 4.79 Å². The number of amides is 1. The lowest BCUT2D eigenvalue weighted by atomic mass is 10.0. The first-order valence-corrected chi connectivity index (χ1v) is 5.71. The molecule has 2 aromatic carbocycles. The van der Waals surface area contributed by atoms with E-state index in [1.807, 2.05) is 24.3 Å². The summed E-state index contributed by atoms with van der Waals surface area (Å²) in [4.78, 5) is 11.0. The average molecular weight is 252 g/mol. The number of nitriles is 1. The first-order chi connectivity index (χ1) is 9.10. The van der Waals surface area contributed by atoms with E-state index in [2.05, 4.69) is 5.32 Å². The Morgan fingerprint density at radius 1 is 1.21 bits per heavy atom. The SMILES string of the molecule is CC(=O)Nc1cccc(-c2ccc(C#N)c(O)c2)c1. The topological polar surface area (TPSA) is 73.1 Å². The highest BCUT2D eigenvalue weighted by Gasteiger charge is 2.05.